The van der Waals surface area contributed by atoms with E-state index in [0.29, 0.717) is 28.2 Å². The molecule has 8 heteroatoms. The zero-order valence-corrected chi connectivity index (χ0v) is 14.3. The van der Waals surface area contributed by atoms with Gasteiger partial charge in [-0.15, -0.1) is 12.4 Å². The lowest BCUT2D eigenvalue weighted by Crippen LogP contribution is -2.34. The topological polar surface area (TPSA) is 91.0 Å². The molecular formula is C16H16Cl2N4O2. The number of hydrogen-bond acceptors (Lipinski definition) is 6. The van der Waals surface area contributed by atoms with Crippen LogP contribution in [0.1, 0.15) is 31.5 Å². The van der Waals surface area contributed by atoms with Gasteiger partial charge < -0.3 is 14.8 Å². The molecule has 24 heavy (non-hydrogen) atoms. The van der Waals surface area contributed by atoms with Crippen LogP contribution in [0, 0.1) is 0 Å². The van der Waals surface area contributed by atoms with Crippen molar-refractivity contribution >= 4 is 24.0 Å². The third kappa shape index (κ3) is 2.92. The molecule has 0 atom stereocenters. The van der Waals surface area contributed by atoms with E-state index in [1.54, 1.807) is 12.1 Å². The average molecular weight is 367 g/mol. The fourth-order valence-corrected chi connectivity index (χ4v) is 3.15. The Morgan fingerprint density at radius 2 is 1.83 bits per heavy atom. The van der Waals surface area contributed by atoms with E-state index in [1.165, 1.54) is 0 Å². The Labute approximate surface area is 149 Å². The average Bonchev–Trinajstić information content (AvgIpc) is 3.27. The highest BCUT2D eigenvalue weighted by molar-refractivity contribution is 6.33. The highest BCUT2D eigenvalue weighted by atomic mass is 35.5. The maximum atomic E-state index is 6.34. The normalized spacial score (nSPS) is 16.1. The molecule has 0 saturated heterocycles. The van der Waals surface area contributed by atoms with E-state index < -0.39 is 5.54 Å². The summed E-state index contributed by atoms with van der Waals surface area (Å²) in [4.78, 5) is 4.41. The van der Waals surface area contributed by atoms with Crippen LogP contribution >= 0.6 is 24.0 Å². The molecule has 1 aromatic carbocycles. The van der Waals surface area contributed by atoms with Gasteiger partial charge in [0.25, 0.3) is 5.89 Å². The molecule has 0 unspecified atom stereocenters. The predicted octanol–water partition coefficient (Wildman–Crippen LogP) is 4.19. The van der Waals surface area contributed by atoms with E-state index in [9.17, 15) is 0 Å². The fourth-order valence-electron chi connectivity index (χ4n) is 2.92. The van der Waals surface area contributed by atoms with Gasteiger partial charge in [-0.25, -0.2) is 0 Å². The number of halogens is 2. The summed E-state index contributed by atoms with van der Waals surface area (Å²) in [5.41, 5.74) is 7.09. The van der Waals surface area contributed by atoms with Crippen LogP contribution < -0.4 is 5.73 Å². The van der Waals surface area contributed by atoms with Crippen molar-refractivity contribution in [3.8, 4) is 22.9 Å². The number of nitrogens with two attached hydrogens (primary N) is 1. The van der Waals surface area contributed by atoms with E-state index in [4.69, 9.17) is 26.4 Å². The highest BCUT2D eigenvalue weighted by Gasteiger charge is 2.36. The van der Waals surface area contributed by atoms with Gasteiger partial charge >= 0.3 is 0 Å². The lowest BCUT2D eigenvalue weighted by Gasteiger charge is -2.17. The minimum Gasteiger partial charge on any atom is -0.355 e. The van der Waals surface area contributed by atoms with E-state index in [1.807, 2.05) is 18.2 Å². The third-order valence-electron chi connectivity index (χ3n) is 4.24. The molecule has 1 fully saturated rings. The number of rotatable bonds is 3. The van der Waals surface area contributed by atoms with Gasteiger partial charge in [0.15, 0.2) is 17.3 Å². The van der Waals surface area contributed by atoms with E-state index >= 15 is 0 Å². The Morgan fingerprint density at radius 3 is 2.58 bits per heavy atom. The van der Waals surface area contributed by atoms with Crippen molar-refractivity contribution < 1.29 is 9.05 Å². The summed E-state index contributed by atoms with van der Waals surface area (Å²) < 4.78 is 10.7. The quantitative estimate of drug-likeness (QED) is 0.746. The molecular weight excluding hydrogens is 351 g/mol. The van der Waals surface area contributed by atoms with Crippen LogP contribution in [0.4, 0.5) is 0 Å². The van der Waals surface area contributed by atoms with E-state index in [2.05, 4.69) is 15.3 Å². The van der Waals surface area contributed by atoms with Crippen molar-refractivity contribution in [1.82, 2.24) is 15.3 Å². The lowest BCUT2D eigenvalue weighted by molar-refractivity contribution is 0.370. The second kappa shape index (κ2) is 6.55. The van der Waals surface area contributed by atoms with Gasteiger partial charge in [-0.1, -0.05) is 46.9 Å². The molecule has 4 rings (SSSR count). The number of hydrogen-bond donors (Lipinski definition) is 1. The van der Waals surface area contributed by atoms with Crippen molar-refractivity contribution in [2.24, 2.45) is 5.73 Å². The predicted molar refractivity (Wildman–Crippen MR) is 91.8 cm³/mol. The van der Waals surface area contributed by atoms with E-state index in [-0.39, 0.29) is 12.4 Å². The maximum absolute atomic E-state index is 6.34. The van der Waals surface area contributed by atoms with Crippen LogP contribution in [0.15, 0.2) is 39.4 Å². The van der Waals surface area contributed by atoms with Gasteiger partial charge in [0, 0.05) is 11.6 Å². The van der Waals surface area contributed by atoms with Crippen molar-refractivity contribution in [3.05, 3.63) is 41.2 Å². The van der Waals surface area contributed by atoms with Crippen molar-refractivity contribution in [1.29, 1.82) is 0 Å². The van der Waals surface area contributed by atoms with Crippen LogP contribution in [0.5, 0.6) is 0 Å². The SMILES string of the molecule is Cl.NC1(c2noc(-c3cc(-c4ccccc4Cl)on3)n2)CCCC1. The van der Waals surface area contributed by atoms with Gasteiger partial charge in [-0.3, -0.25) is 0 Å². The fraction of sp³-hybridized carbons (Fsp3) is 0.312. The third-order valence-corrected chi connectivity index (χ3v) is 4.57. The molecule has 2 aromatic heterocycles. The summed E-state index contributed by atoms with van der Waals surface area (Å²) in [5.74, 6) is 1.39. The van der Waals surface area contributed by atoms with Crippen molar-refractivity contribution in [2.75, 3.05) is 0 Å². The molecule has 0 bridgehead atoms. The minimum atomic E-state index is -0.489. The van der Waals surface area contributed by atoms with Crippen LogP contribution in [0.25, 0.3) is 22.9 Å². The van der Waals surface area contributed by atoms with Gasteiger partial charge in [0.1, 0.15) is 0 Å². The first-order valence-electron chi connectivity index (χ1n) is 7.51. The molecule has 1 saturated carbocycles. The second-order valence-electron chi connectivity index (χ2n) is 5.84. The Bertz CT molecular complexity index is 840. The van der Waals surface area contributed by atoms with Gasteiger partial charge in [0.2, 0.25) is 0 Å². The van der Waals surface area contributed by atoms with E-state index in [0.717, 1.165) is 31.2 Å². The Morgan fingerprint density at radius 1 is 1.08 bits per heavy atom. The number of nitrogens with zero attached hydrogens (tertiary/aromatic N) is 3. The first kappa shape index (κ1) is 17.0. The monoisotopic (exact) mass is 366 g/mol. The summed E-state index contributed by atoms with van der Waals surface area (Å²) in [5, 5.41) is 8.61. The first-order chi connectivity index (χ1) is 11.2. The summed E-state index contributed by atoms with van der Waals surface area (Å²) in [6, 6.07) is 9.12. The summed E-state index contributed by atoms with van der Waals surface area (Å²) in [7, 11) is 0. The molecule has 0 amide bonds. The summed E-state index contributed by atoms with van der Waals surface area (Å²) in [6.07, 6.45) is 3.91. The largest absolute Gasteiger partial charge is 0.355 e. The Balaban J connectivity index is 0.00000169. The zero-order valence-electron chi connectivity index (χ0n) is 12.7. The minimum absolute atomic E-state index is 0. The molecule has 2 heterocycles. The molecule has 0 radical (unpaired) electrons. The molecule has 0 spiro atoms. The van der Waals surface area contributed by atoms with Crippen LogP contribution in [0.2, 0.25) is 5.02 Å². The smallest absolute Gasteiger partial charge is 0.280 e. The summed E-state index contributed by atoms with van der Waals surface area (Å²) in [6.45, 7) is 0. The van der Waals surface area contributed by atoms with Crippen LogP contribution in [-0.4, -0.2) is 15.3 Å². The first-order valence-corrected chi connectivity index (χ1v) is 7.89. The van der Waals surface area contributed by atoms with Gasteiger partial charge in [0.05, 0.1) is 10.6 Å². The van der Waals surface area contributed by atoms with Crippen molar-refractivity contribution in [3.63, 3.8) is 0 Å². The molecule has 1 aliphatic carbocycles. The van der Waals surface area contributed by atoms with Crippen molar-refractivity contribution in [2.45, 2.75) is 31.2 Å². The zero-order chi connectivity index (χ0) is 15.9. The number of benzene rings is 1. The molecule has 1 aliphatic rings. The van der Waals surface area contributed by atoms with Gasteiger partial charge in [-0.2, -0.15) is 4.98 Å². The summed E-state index contributed by atoms with van der Waals surface area (Å²) >= 11 is 6.17. The second-order valence-corrected chi connectivity index (χ2v) is 6.25. The molecule has 3 aromatic rings. The lowest BCUT2D eigenvalue weighted by atomic mass is 9.99. The highest BCUT2D eigenvalue weighted by Crippen LogP contribution is 2.36. The van der Waals surface area contributed by atoms with Crippen LogP contribution in [0.3, 0.4) is 0 Å². The molecule has 0 aliphatic heterocycles. The Hall–Kier alpha value is -1.89. The molecule has 2 N–H and O–H groups in total. The Kier molecular flexibility index (Phi) is 4.62. The molecule has 6 nitrogen and oxygen atoms in total. The number of aromatic nitrogens is 3. The molecule has 126 valence electrons. The van der Waals surface area contributed by atoms with Gasteiger partial charge in [-0.05, 0) is 25.0 Å². The van der Waals surface area contributed by atoms with Crippen LogP contribution in [-0.2, 0) is 5.54 Å². The standard InChI is InChI=1S/C16H15ClN4O2.ClH/c17-11-6-2-1-5-10(11)13-9-12(20-22-13)14-19-15(21-23-14)16(18)7-3-4-8-16;/h1-2,5-6,9H,3-4,7-8,18H2;1H. The maximum Gasteiger partial charge on any atom is 0.280 e.